The first-order valence-electron chi connectivity index (χ1n) is 7.62. The van der Waals surface area contributed by atoms with Crippen molar-refractivity contribution in [2.45, 2.75) is 38.1 Å². The summed E-state index contributed by atoms with van der Waals surface area (Å²) in [5.74, 6) is 0.691. The van der Waals surface area contributed by atoms with Crippen molar-refractivity contribution >= 4 is 5.82 Å². The van der Waals surface area contributed by atoms with Crippen molar-refractivity contribution in [1.82, 2.24) is 9.97 Å². The predicted octanol–water partition coefficient (Wildman–Crippen LogP) is 2.21. The Morgan fingerprint density at radius 2 is 2.09 bits per heavy atom. The van der Waals surface area contributed by atoms with Gasteiger partial charge in [-0.2, -0.15) is 5.26 Å². The zero-order valence-electron chi connectivity index (χ0n) is 13.0. The number of anilines is 1. The fraction of sp³-hybridized carbons (Fsp3) is 0.353. The first kappa shape index (κ1) is 15.3. The van der Waals surface area contributed by atoms with Crippen LogP contribution in [0.15, 0.2) is 18.2 Å². The van der Waals surface area contributed by atoms with Gasteiger partial charge in [0.25, 0.3) is 0 Å². The summed E-state index contributed by atoms with van der Waals surface area (Å²) < 4.78 is 0. The highest BCUT2D eigenvalue weighted by Crippen LogP contribution is 2.37. The van der Waals surface area contributed by atoms with Gasteiger partial charge in [0.1, 0.15) is 23.2 Å². The van der Waals surface area contributed by atoms with E-state index in [4.69, 9.17) is 11.5 Å². The number of nitrogens with zero attached hydrogens (tertiary/aromatic N) is 3. The lowest BCUT2D eigenvalue weighted by atomic mass is 9.98. The molecule has 23 heavy (non-hydrogen) atoms. The molecule has 0 aliphatic heterocycles. The van der Waals surface area contributed by atoms with E-state index in [0.717, 1.165) is 24.8 Å². The number of hydrogen-bond donors (Lipinski definition) is 3. The normalized spacial score (nSPS) is 20.4. The van der Waals surface area contributed by atoms with Crippen LogP contribution in [0, 0.1) is 18.3 Å². The van der Waals surface area contributed by atoms with Gasteiger partial charge in [-0.1, -0.05) is 11.6 Å². The van der Waals surface area contributed by atoms with Gasteiger partial charge in [-0.15, -0.1) is 0 Å². The number of benzene rings is 1. The third-order valence-electron chi connectivity index (χ3n) is 4.33. The first-order chi connectivity index (χ1) is 11.0. The molecule has 2 unspecified atom stereocenters. The Kier molecular flexibility index (Phi) is 3.89. The molecule has 6 nitrogen and oxygen atoms in total. The molecule has 3 rings (SSSR count). The molecular weight excluding hydrogens is 290 g/mol. The summed E-state index contributed by atoms with van der Waals surface area (Å²) in [6, 6.07) is 7.45. The number of phenolic OH excluding ortho intramolecular Hbond substituents is 1. The van der Waals surface area contributed by atoms with Crippen LogP contribution in [-0.4, -0.2) is 21.1 Å². The quantitative estimate of drug-likeness (QED) is 0.781. The van der Waals surface area contributed by atoms with Crippen LogP contribution in [0.1, 0.15) is 42.0 Å². The van der Waals surface area contributed by atoms with Crippen molar-refractivity contribution < 1.29 is 5.11 Å². The topological polar surface area (TPSA) is 122 Å². The minimum absolute atomic E-state index is 0.0915. The molecule has 1 fully saturated rings. The van der Waals surface area contributed by atoms with Crippen molar-refractivity contribution in [3.63, 3.8) is 0 Å². The van der Waals surface area contributed by atoms with E-state index in [0.29, 0.717) is 22.6 Å². The summed E-state index contributed by atoms with van der Waals surface area (Å²) >= 11 is 0. The average molecular weight is 309 g/mol. The van der Waals surface area contributed by atoms with Crippen LogP contribution in [0.5, 0.6) is 5.75 Å². The predicted molar refractivity (Wildman–Crippen MR) is 87.6 cm³/mol. The molecule has 1 aromatic carbocycles. The standard InChI is InChI=1S/C17H19N5O/c1-9-2-5-14(23)12(6-9)17-21-15(10-3-4-11(19)7-10)13(8-18)16(20)22-17/h2,5-6,10-11,23H,3-4,7,19H2,1H3,(H2,20,21,22). The number of aryl methyl sites for hydroxylation is 1. The van der Waals surface area contributed by atoms with Crippen molar-refractivity contribution in [3.05, 3.63) is 35.0 Å². The SMILES string of the molecule is Cc1ccc(O)c(-c2nc(N)c(C#N)c(C3CCC(N)C3)n2)c1. The maximum atomic E-state index is 10.1. The van der Waals surface area contributed by atoms with Gasteiger partial charge in [0, 0.05) is 12.0 Å². The van der Waals surface area contributed by atoms with E-state index >= 15 is 0 Å². The molecule has 0 amide bonds. The van der Waals surface area contributed by atoms with Crippen LogP contribution >= 0.6 is 0 Å². The Morgan fingerprint density at radius 1 is 1.30 bits per heavy atom. The molecule has 0 spiro atoms. The Morgan fingerprint density at radius 3 is 2.74 bits per heavy atom. The largest absolute Gasteiger partial charge is 0.507 e. The summed E-state index contributed by atoms with van der Waals surface area (Å²) in [4.78, 5) is 8.78. The fourth-order valence-electron chi connectivity index (χ4n) is 3.12. The first-order valence-corrected chi connectivity index (χ1v) is 7.62. The lowest BCUT2D eigenvalue weighted by Crippen LogP contribution is -2.15. The Hall–Kier alpha value is -2.65. The minimum Gasteiger partial charge on any atom is -0.507 e. The summed E-state index contributed by atoms with van der Waals surface area (Å²) in [6.45, 7) is 1.92. The smallest absolute Gasteiger partial charge is 0.165 e. The Balaban J connectivity index is 2.15. The maximum Gasteiger partial charge on any atom is 0.165 e. The van der Waals surface area contributed by atoms with E-state index < -0.39 is 0 Å². The number of aromatic hydroxyl groups is 1. The second-order valence-electron chi connectivity index (χ2n) is 6.10. The van der Waals surface area contributed by atoms with Gasteiger partial charge in [-0.25, -0.2) is 9.97 Å². The number of nitrogens with two attached hydrogens (primary N) is 2. The van der Waals surface area contributed by atoms with Gasteiger partial charge in [-0.05, 0) is 38.3 Å². The van der Waals surface area contributed by atoms with E-state index in [-0.39, 0.29) is 23.5 Å². The molecule has 6 heteroatoms. The summed E-state index contributed by atoms with van der Waals surface area (Å²) in [6.07, 6.45) is 2.57. The Labute approximate surface area is 134 Å². The van der Waals surface area contributed by atoms with E-state index in [9.17, 15) is 10.4 Å². The van der Waals surface area contributed by atoms with Gasteiger partial charge >= 0.3 is 0 Å². The molecule has 118 valence electrons. The fourth-order valence-corrected chi connectivity index (χ4v) is 3.12. The molecule has 1 saturated carbocycles. The third kappa shape index (κ3) is 2.83. The number of aromatic nitrogens is 2. The second kappa shape index (κ2) is 5.86. The lowest BCUT2D eigenvalue weighted by Gasteiger charge is -2.14. The van der Waals surface area contributed by atoms with Crippen molar-refractivity contribution in [2.75, 3.05) is 5.73 Å². The van der Waals surface area contributed by atoms with E-state index in [2.05, 4.69) is 16.0 Å². The molecule has 1 aliphatic carbocycles. The molecular formula is C17H19N5O. The molecule has 0 bridgehead atoms. The van der Waals surface area contributed by atoms with Crippen molar-refractivity contribution in [1.29, 1.82) is 5.26 Å². The molecule has 2 atom stereocenters. The summed E-state index contributed by atoms with van der Waals surface area (Å²) in [7, 11) is 0. The molecule has 1 aliphatic rings. The van der Waals surface area contributed by atoms with Crippen LogP contribution in [0.2, 0.25) is 0 Å². The number of phenols is 1. The molecule has 0 radical (unpaired) electrons. The average Bonchev–Trinajstić information content (AvgIpc) is 2.95. The number of nitrogen functional groups attached to an aromatic ring is 1. The highest BCUT2D eigenvalue weighted by Gasteiger charge is 2.28. The highest BCUT2D eigenvalue weighted by atomic mass is 16.3. The summed E-state index contributed by atoms with van der Waals surface area (Å²) in [5, 5.41) is 19.5. The maximum absolute atomic E-state index is 10.1. The van der Waals surface area contributed by atoms with E-state index in [1.807, 2.05) is 13.0 Å². The van der Waals surface area contributed by atoms with Crippen LogP contribution in [0.3, 0.4) is 0 Å². The zero-order valence-corrected chi connectivity index (χ0v) is 13.0. The van der Waals surface area contributed by atoms with Crippen molar-refractivity contribution in [3.8, 4) is 23.2 Å². The third-order valence-corrected chi connectivity index (χ3v) is 4.33. The number of rotatable bonds is 2. The van der Waals surface area contributed by atoms with Crippen LogP contribution in [-0.2, 0) is 0 Å². The number of hydrogen-bond acceptors (Lipinski definition) is 6. The van der Waals surface area contributed by atoms with Gasteiger partial charge in [-0.3, -0.25) is 0 Å². The molecule has 1 heterocycles. The second-order valence-corrected chi connectivity index (χ2v) is 6.10. The Bertz CT molecular complexity index is 796. The molecule has 1 aromatic heterocycles. The van der Waals surface area contributed by atoms with Crippen molar-refractivity contribution in [2.24, 2.45) is 5.73 Å². The molecule has 0 saturated heterocycles. The minimum atomic E-state index is 0.0915. The monoisotopic (exact) mass is 309 g/mol. The van der Waals surface area contributed by atoms with Crippen LogP contribution < -0.4 is 11.5 Å². The van der Waals surface area contributed by atoms with Gasteiger partial charge in [0.2, 0.25) is 0 Å². The van der Waals surface area contributed by atoms with Gasteiger partial charge < -0.3 is 16.6 Å². The molecule has 2 aromatic rings. The van der Waals surface area contributed by atoms with Gasteiger partial charge in [0.05, 0.1) is 11.3 Å². The van der Waals surface area contributed by atoms with Crippen LogP contribution in [0.25, 0.3) is 11.4 Å². The van der Waals surface area contributed by atoms with Crippen LogP contribution in [0.4, 0.5) is 5.82 Å². The van der Waals surface area contributed by atoms with E-state index in [1.165, 1.54) is 0 Å². The summed E-state index contributed by atoms with van der Waals surface area (Å²) in [5.41, 5.74) is 14.4. The highest BCUT2D eigenvalue weighted by molar-refractivity contribution is 5.67. The van der Waals surface area contributed by atoms with E-state index in [1.54, 1.807) is 12.1 Å². The molecule has 5 N–H and O–H groups in total. The zero-order chi connectivity index (χ0) is 16.6. The lowest BCUT2D eigenvalue weighted by molar-refractivity contribution is 0.476. The number of nitriles is 1. The van der Waals surface area contributed by atoms with Gasteiger partial charge in [0.15, 0.2) is 5.82 Å².